The molecule has 0 unspecified atom stereocenters. The van der Waals surface area contributed by atoms with Crippen LogP contribution in [0, 0.1) is 0 Å². The van der Waals surface area contributed by atoms with E-state index in [2.05, 4.69) is 20.6 Å². The van der Waals surface area contributed by atoms with Crippen LogP contribution in [-0.4, -0.2) is 30.7 Å². The summed E-state index contributed by atoms with van der Waals surface area (Å²) in [5.74, 6) is -0.745. The molecule has 0 saturated heterocycles. The van der Waals surface area contributed by atoms with Gasteiger partial charge >= 0.3 is 11.4 Å². The van der Waals surface area contributed by atoms with Gasteiger partial charge in [0, 0.05) is 37.6 Å². The number of carbonyl (C=O) groups is 2. The van der Waals surface area contributed by atoms with Gasteiger partial charge < -0.3 is 20.6 Å². The summed E-state index contributed by atoms with van der Waals surface area (Å²) in [5, 5.41) is 5.89. The van der Waals surface area contributed by atoms with Crippen molar-refractivity contribution >= 4 is 45.0 Å². The first-order valence-corrected chi connectivity index (χ1v) is 9.74. The van der Waals surface area contributed by atoms with E-state index in [0.717, 1.165) is 11.0 Å². The molecular formula is C22H18N6O4. The lowest BCUT2D eigenvalue weighted by molar-refractivity contribution is -0.115. The van der Waals surface area contributed by atoms with E-state index in [0.29, 0.717) is 22.4 Å². The van der Waals surface area contributed by atoms with Gasteiger partial charge in [-0.3, -0.25) is 18.7 Å². The summed E-state index contributed by atoms with van der Waals surface area (Å²) in [6.45, 7) is 0. The van der Waals surface area contributed by atoms with Crippen LogP contribution in [0.25, 0.3) is 22.1 Å². The van der Waals surface area contributed by atoms with Gasteiger partial charge in [-0.05, 0) is 36.4 Å². The Labute approximate surface area is 179 Å². The smallest absolute Gasteiger partial charge is 0.326 e. The third kappa shape index (κ3) is 3.14. The summed E-state index contributed by atoms with van der Waals surface area (Å²) in [5.41, 5.74) is 3.59. The van der Waals surface area contributed by atoms with Gasteiger partial charge in [0.15, 0.2) is 0 Å². The number of rotatable bonds is 4. The number of benzene rings is 2. The number of aromatic nitrogens is 4. The first-order chi connectivity index (χ1) is 15.3. The zero-order chi connectivity index (χ0) is 22.6. The number of allylic oxidation sites excluding steroid dienone is 2. The monoisotopic (exact) mass is 430 g/mol. The van der Waals surface area contributed by atoms with Gasteiger partial charge in [0.05, 0.1) is 33.5 Å². The van der Waals surface area contributed by atoms with Crippen molar-refractivity contribution in [3.63, 3.8) is 0 Å². The minimum absolute atomic E-state index is 0.126. The second-order valence-corrected chi connectivity index (χ2v) is 7.54. The number of aromatic amines is 2. The first kappa shape index (κ1) is 19.4. The summed E-state index contributed by atoms with van der Waals surface area (Å²) < 4.78 is 2.97. The van der Waals surface area contributed by atoms with E-state index >= 15 is 0 Å². The van der Waals surface area contributed by atoms with Gasteiger partial charge in [-0.25, -0.2) is 9.59 Å². The molecular weight excluding hydrogens is 412 g/mol. The van der Waals surface area contributed by atoms with Gasteiger partial charge in [-0.1, -0.05) is 0 Å². The molecule has 0 spiro atoms. The molecule has 0 atom stereocenters. The number of hydrogen-bond acceptors (Lipinski definition) is 6. The number of hydrogen-bond donors (Lipinski definition) is 4. The van der Waals surface area contributed by atoms with E-state index in [1.54, 1.807) is 50.5 Å². The highest BCUT2D eigenvalue weighted by molar-refractivity contribution is 6.22. The SMILES string of the molecule is Cn1c(=O)[nH]c2cc(NC3=CC(=O)C(Nc4ccc5c(c4)[nH]c(=O)n5C)=CC3=O)ccc21. The Hall–Kier alpha value is -4.60. The molecule has 1 aliphatic rings. The van der Waals surface area contributed by atoms with E-state index in [1.165, 1.54) is 21.3 Å². The quantitative estimate of drug-likeness (QED) is 0.363. The van der Waals surface area contributed by atoms with Crippen LogP contribution in [-0.2, 0) is 23.7 Å². The number of nitrogens with zero attached hydrogens (tertiary/aromatic N) is 2. The van der Waals surface area contributed by atoms with Crippen LogP contribution in [0.5, 0.6) is 0 Å². The fourth-order valence-electron chi connectivity index (χ4n) is 3.70. The third-order valence-corrected chi connectivity index (χ3v) is 5.45. The lowest BCUT2D eigenvalue weighted by atomic mass is 10.1. The van der Waals surface area contributed by atoms with Gasteiger partial charge in [-0.15, -0.1) is 0 Å². The Morgan fingerprint density at radius 3 is 1.47 bits per heavy atom. The molecule has 32 heavy (non-hydrogen) atoms. The van der Waals surface area contributed by atoms with Crippen LogP contribution >= 0.6 is 0 Å². The molecule has 1 aliphatic carbocycles. The summed E-state index contributed by atoms with van der Waals surface area (Å²) in [6.07, 6.45) is 2.46. The molecule has 10 heteroatoms. The third-order valence-electron chi connectivity index (χ3n) is 5.45. The molecule has 0 radical (unpaired) electrons. The van der Waals surface area contributed by atoms with E-state index in [1.807, 2.05) is 0 Å². The number of ketones is 2. The Bertz CT molecular complexity index is 1500. The number of aryl methyl sites for hydroxylation is 2. The number of anilines is 2. The lowest BCUT2D eigenvalue weighted by Crippen LogP contribution is -2.21. The highest BCUT2D eigenvalue weighted by atomic mass is 16.2. The molecule has 4 N–H and O–H groups in total. The van der Waals surface area contributed by atoms with Crippen LogP contribution in [0.4, 0.5) is 11.4 Å². The van der Waals surface area contributed by atoms with Gasteiger partial charge in [0.1, 0.15) is 0 Å². The maximum Gasteiger partial charge on any atom is 0.326 e. The Balaban J connectivity index is 1.37. The zero-order valence-electron chi connectivity index (χ0n) is 17.1. The van der Waals surface area contributed by atoms with E-state index in [9.17, 15) is 19.2 Å². The van der Waals surface area contributed by atoms with Crippen molar-refractivity contribution in [1.82, 2.24) is 19.1 Å². The molecule has 5 rings (SSSR count). The molecule has 2 aromatic heterocycles. The van der Waals surface area contributed by atoms with E-state index in [4.69, 9.17) is 0 Å². The molecule has 0 amide bonds. The molecule has 0 bridgehead atoms. The second-order valence-electron chi connectivity index (χ2n) is 7.54. The number of fused-ring (bicyclic) bond motifs is 2. The van der Waals surface area contributed by atoms with E-state index < -0.39 is 0 Å². The fraction of sp³-hybridized carbons (Fsp3) is 0.0909. The normalized spacial score (nSPS) is 14.1. The molecule has 0 saturated carbocycles. The van der Waals surface area contributed by atoms with E-state index in [-0.39, 0.29) is 34.3 Å². The average Bonchev–Trinajstić information content (AvgIpc) is 3.20. The van der Waals surface area contributed by atoms with Crippen LogP contribution in [0.3, 0.4) is 0 Å². The maximum atomic E-state index is 12.6. The number of imidazole rings is 2. The molecule has 2 aromatic carbocycles. The van der Waals surface area contributed by atoms with Crippen molar-refractivity contribution in [1.29, 1.82) is 0 Å². The largest absolute Gasteiger partial charge is 0.352 e. The molecule has 0 aliphatic heterocycles. The van der Waals surface area contributed by atoms with Gasteiger partial charge in [0.2, 0.25) is 11.6 Å². The van der Waals surface area contributed by atoms with Crippen molar-refractivity contribution in [2.75, 3.05) is 10.6 Å². The lowest BCUT2D eigenvalue weighted by Gasteiger charge is -2.15. The summed E-state index contributed by atoms with van der Waals surface area (Å²) in [4.78, 5) is 54.2. The average molecular weight is 430 g/mol. The maximum absolute atomic E-state index is 12.6. The second kappa shape index (κ2) is 6.98. The standard InChI is InChI=1S/C22H18N6O4/c1-27-17-5-3-11(7-13(17)25-21(27)31)23-15-9-20(30)16(10-19(15)29)24-12-4-6-18-14(8-12)26-22(32)28(18)2/h3-10,23-24H,1-2H3,(H,25,31)(H,26,32). The van der Waals surface area contributed by atoms with Crippen LogP contribution in [0.1, 0.15) is 0 Å². The fourth-order valence-corrected chi connectivity index (χ4v) is 3.70. The number of nitrogens with one attached hydrogen (secondary N) is 4. The summed E-state index contributed by atoms with van der Waals surface area (Å²) in [6, 6.07) is 10.3. The molecule has 0 fully saturated rings. The predicted octanol–water partition coefficient (Wildman–Crippen LogP) is 1.49. The molecule has 2 heterocycles. The number of carbonyl (C=O) groups excluding carboxylic acids is 2. The van der Waals surface area contributed by atoms with Crippen molar-refractivity contribution in [3.8, 4) is 0 Å². The number of H-pyrrole nitrogens is 2. The topological polar surface area (TPSA) is 134 Å². The molecule has 4 aromatic rings. The minimum atomic E-state index is -0.372. The zero-order valence-corrected chi connectivity index (χ0v) is 17.1. The van der Waals surface area contributed by atoms with Gasteiger partial charge in [-0.2, -0.15) is 0 Å². The Morgan fingerprint density at radius 2 is 1.06 bits per heavy atom. The van der Waals surface area contributed by atoms with Crippen LogP contribution in [0.2, 0.25) is 0 Å². The van der Waals surface area contributed by atoms with Crippen molar-refractivity contribution < 1.29 is 9.59 Å². The van der Waals surface area contributed by atoms with Crippen LogP contribution < -0.4 is 22.0 Å². The molecule has 160 valence electrons. The van der Waals surface area contributed by atoms with Crippen molar-refractivity contribution in [2.24, 2.45) is 14.1 Å². The highest BCUT2D eigenvalue weighted by Crippen LogP contribution is 2.22. The molecule has 10 nitrogen and oxygen atoms in total. The minimum Gasteiger partial charge on any atom is -0.352 e. The Morgan fingerprint density at radius 1 is 0.656 bits per heavy atom. The highest BCUT2D eigenvalue weighted by Gasteiger charge is 2.21. The summed E-state index contributed by atoms with van der Waals surface area (Å²) in [7, 11) is 3.32. The summed E-state index contributed by atoms with van der Waals surface area (Å²) >= 11 is 0. The Kier molecular flexibility index (Phi) is 4.22. The first-order valence-electron chi connectivity index (χ1n) is 9.74. The van der Waals surface area contributed by atoms with Crippen LogP contribution in [0.15, 0.2) is 69.5 Å². The van der Waals surface area contributed by atoms with Crippen molar-refractivity contribution in [2.45, 2.75) is 0 Å². The van der Waals surface area contributed by atoms with Gasteiger partial charge in [0.25, 0.3) is 0 Å². The predicted molar refractivity (Wildman–Crippen MR) is 121 cm³/mol. The van der Waals surface area contributed by atoms with Crippen molar-refractivity contribution in [3.05, 3.63) is 80.9 Å².